The molecule has 1 aromatic heterocycles. The van der Waals surface area contributed by atoms with E-state index < -0.39 is 0 Å². The van der Waals surface area contributed by atoms with E-state index in [1.165, 1.54) is 5.69 Å². The Morgan fingerprint density at radius 2 is 1.60 bits per heavy atom. The maximum Gasteiger partial charge on any atom is 0.221 e. The van der Waals surface area contributed by atoms with Gasteiger partial charge in [-0.05, 0) is 49.0 Å². The fraction of sp³-hybridized carbons (Fsp3) is 0.222. The van der Waals surface area contributed by atoms with Crippen LogP contribution < -0.4 is 10.2 Å². The highest BCUT2D eigenvalue weighted by molar-refractivity contribution is 7.80. The number of nitrogens with one attached hydrogen (secondary N) is 1. The first-order valence-corrected chi connectivity index (χ1v) is 12.1. The molecule has 178 valence electrons. The number of piperazine rings is 1. The molecule has 3 aromatic carbocycles. The van der Waals surface area contributed by atoms with Crippen LogP contribution in [-0.2, 0) is 6.67 Å². The van der Waals surface area contributed by atoms with E-state index in [1.807, 2.05) is 66.1 Å². The zero-order valence-corrected chi connectivity index (χ0v) is 20.4. The number of hydrogen-bond donors (Lipinski definition) is 2. The van der Waals surface area contributed by atoms with Gasteiger partial charge >= 0.3 is 0 Å². The Bertz CT molecular complexity index is 1360. The molecule has 7 nitrogen and oxygen atoms in total. The molecule has 0 amide bonds. The van der Waals surface area contributed by atoms with Crippen molar-refractivity contribution >= 4 is 45.3 Å². The number of aromatic hydroxyl groups is 1. The number of rotatable bonds is 5. The number of azo groups is 1. The van der Waals surface area contributed by atoms with Crippen LogP contribution >= 0.6 is 12.2 Å². The van der Waals surface area contributed by atoms with E-state index in [1.54, 1.807) is 0 Å². The minimum Gasteiger partial charge on any atom is -0.493 e. The van der Waals surface area contributed by atoms with Crippen LogP contribution in [0.4, 0.5) is 17.1 Å². The van der Waals surface area contributed by atoms with Gasteiger partial charge in [0.15, 0.2) is 5.69 Å². The number of para-hydroxylation sites is 3. The van der Waals surface area contributed by atoms with E-state index in [4.69, 9.17) is 12.2 Å². The first kappa shape index (κ1) is 23.0. The molecule has 5 rings (SSSR count). The van der Waals surface area contributed by atoms with Crippen molar-refractivity contribution in [2.45, 2.75) is 13.6 Å². The fourth-order valence-corrected chi connectivity index (χ4v) is 4.60. The van der Waals surface area contributed by atoms with Crippen LogP contribution in [0.5, 0.6) is 5.88 Å². The van der Waals surface area contributed by atoms with Crippen LogP contribution in [-0.4, -0.2) is 45.9 Å². The second-order valence-corrected chi connectivity index (χ2v) is 9.03. The highest BCUT2D eigenvalue weighted by Crippen LogP contribution is 2.39. The number of nitrogens with zero attached hydrogens (tertiary/aromatic N) is 5. The third-order valence-corrected chi connectivity index (χ3v) is 6.56. The van der Waals surface area contributed by atoms with Crippen molar-refractivity contribution in [2.75, 3.05) is 36.4 Å². The molecule has 1 fully saturated rings. The summed E-state index contributed by atoms with van der Waals surface area (Å²) in [5.74, 6) is 0.0964. The summed E-state index contributed by atoms with van der Waals surface area (Å²) < 4.78 is 1.90. The van der Waals surface area contributed by atoms with Crippen molar-refractivity contribution in [3.63, 3.8) is 0 Å². The van der Waals surface area contributed by atoms with Crippen LogP contribution in [0.15, 0.2) is 89.1 Å². The Morgan fingerprint density at radius 3 is 2.37 bits per heavy atom. The first-order valence-electron chi connectivity index (χ1n) is 11.7. The minimum atomic E-state index is 0.0964. The summed E-state index contributed by atoms with van der Waals surface area (Å²) in [7, 11) is 0. The van der Waals surface area contributed by atoms with Crippen molar-refractivity contribution in [1.82, 2.24) is 9.47 Å². The van der Waals surface area contributed by atoms with E-state index in [-0.39, 0.29) is 11.0 Å². The smallest absolute Gasteiger partial charge is 0.221 e. The van der Waals surface area contributed by atoms with Gasteiger partial charge in [-0.1, -0.05) is 54.6 Å². The summed E-state index contributed by atoms with van der Waals surface area (Å²) >= 11 is 5.38. The van der Waals surface area contributed by atoms with Gasteiger partial charge in [0.2, 0.25) is 11.0 Å². The van der Waals surface area contributed by atoms with Crippen molar-refractivity contribution < 1.29 is 5.11 Å². The Hall–Kier alpha value is -3.75. The molecule has 2 heterocycles. The Labute approximate surface area is 210 Å². The predicted octanol–water partition coefficient (Wildman–Crippen LogP) is 5.92. The fourth-order valence-electron chi connectivity index (χ4n) is 4.45. The van der Waals surface area contributed by atoms with Crippen molar-refractivity contribution in [3.05, 3.63) is 84.4 Å². The summed E-state index contributed by atoms with van der Waals surface area (Å²) in [5.41, 5.74) is 4.55. The number of benzene rings is 3. The highest BCUT2D eigenvalue weighted by Gasteiger charge is 2.22. The Morgan fingerprint density at radius 1 is 0.914 bits per heavy atom. The molecule has 0 unspecified atom stereocenters. The molecule has 4 aromatic rings. The van der Waals surface area contributed by atoms with E-state index >= 15 is 0 Å². The molecule has 1 saturated heterocycles. The lowest BCUT2D eigenvalue weighted by Gasteiger charge is -2.36. The van der Waals surface area contributed by atoms with Crippen molar-refractivity contribution in [1.29, 1.82) is 0 Å². The van der Waals surface area contributed by atoms with Gasteiger partial charge in [0.1, 0.15) is 0 Å². The summed E-state index contributed by atoms with van der Waals surface area (Å²) in [6.45, 7) is 6.27. The normalized spacial score (nSPS) is 14.6. The third kappa shape index (κ3) is 5.03. The lowest BCUT2D eigenvalue weighted by atomic mass is 10.2. The number of aromatic nitrogens is 1. The molecular formula is C27H28N6OS. The van der Waals surface area contributed by atoms with Crippen LogP contribution in [0.3, 0.4) is 0 Å². The summed E-state index contributed by atoms with van der Waals surface area (Å²) in [6, 6.07) is 26.2. The van der Waals surface area contributed by atoms with Gasteiger partial charge in [-0.2, -0.15) is 0 Å². The SMILES string of the molecule is Cc1ccccc1NC(=S)N=Nc1c(O)n(CN2CCN(c3ccccc3)CC2)c2ccccc12. The molecule has 1 aliphatic rings. The summed E-state index contributed by atoms with van der Waals surface area (Å²) in [6.07, 6.45) is 0. The molecule has 0 saturated carbocycles. The zero-order valence-electron chi connectivity index (χ0n) is 19.6. The molecule has 0 bridgehead atoms. The van der Waals surface area contributed by atoms with E-state index in [9.17, 15) is 5.11 Å². The zero-order chi connectivity index (χ0) is 24.2. The second kappa shape index (κ2) is 10.2. The Kier molecular flexibility index (Phi) is 6.74. The molecule has 8 heteroatoms. The standard InChI is InChI=1S/C27H28N6OS/c1-20-9-5-7-13-23(20)28-27(35)30-29-25-22-12-6-8-14-24(22)33(26(25)34)19-31-15-17-32(18-16-31)21-10-3-2-4-11-21/h2-14,34H,15-19H2,1H3,(H,28,35). The molecule has 0 atom stereocenters. The van der Waals surface area contributed by atoms with Crippen LogP contribution in [0.1, 0.15) is 5.56 Å². The average molecular weight is 485 g/mol. The third-order valence-electron chi connectivity index (χ3n) is 6.38. The molecule has 2 N–H and O–H groups in total. The van der Waals surface area contributed by atoms with Crippen LogP contribution in [0, 0.1) is 6.92 Å². The number of anilines is 2. The lowest BCUT2D eigenvalue weighted by molar-refractivity contribution is 0.200. The molecule has 0 aliphatic carbocycles. The molecule has 0 radical (unpaired) electrons. The van der Waals surface area contributed by atoms with E-state index in [2.05, 4.69) is 49.6 Å². The topological polar surface area (TPSA) is 68.4 Å². The molecule has 35 heavy (non-hydrogen) atoms. The maximum atomic E-state index is 11.1. The maximum absolute atomic E-state index is 11.1. The predicted molar refractivity (Wildman–Crippen MR) is 146 cm³/mol. The largest absolute Gasteiger partial charge is 0.493 e. The quantitative estimate of drug-likeness (QED) is 0.272. The number of aryl methyl sites for hydroxylation is 1. The summed E-state index contributed by atoms with van der Waals surface area (Å²) in [4.78, 5) is 4.74. The van der Waals surface area contributed by atoms with Gasteiger partial charge in [0.05, 0.1) is 12.2 Å². The monoisotopic (exact) mass is 484 g/mol. The lowest BCUT2D eigenvalue weighted by Crippen LogP contribution is -2.46. The van der Waals surface area contributed by atoms with Gasteiger partial charge < -0.3 is 15.3 Å². The summed E-state index contributed by atoms with van der Waals surface area (Å²) in [5, 5.41) is 23.9. The number of thiocarbonyl (C=S) groups is 1. The number of fused-ring (bicyclic) bond motifs is 1. The minimum absolute atomic E-state index is 0.0964. The van der Waals surface area contributed by atoms with Crippen LogP contribution in [0.25, 0.3) is 10.9 Å². The van der Waals surface area contributed by atoms with Gasteiger partial charge in [0, 0.05) is 42.9 Å². The van der Waals surface area contributed by atoms with Gasteiger partial charge in [-0.15, -0.1) is 10.2 Å². The average Bonchev–Trinajstić information content (AvgIpc) is 3.15. The van der Waals surface area contributed by atoms with Gasteiger partial charge in [-0.25, -0.2) is 0 Å². The number of hydrogen-bond acceptors (Lipinski definition) is 5. The highest BCUT2D eigenvalue weighted by atomic mass is 32.1. The van der Waals surface area contributed by atoms with Gasteiger partial charge in [0.25, 0.3) is 0 Å². The molecule has 0 spiro atoms. The molecular weight excluding hydrogens is 456 g/mol. The van der Waals surface area contributed by atoms with Crippen molar-refractivity contribution in [2.24, 2.45) is 10.2 Å². The molecule has 1 aliphatic heterocycles. The Balaban J connectivity index is 1.32. The van der Waals surface area contributed by atoms with Gasteiger partial charge in [-0.3, -0.25) is 9.47 Å². The van der Waals surface area contributed by atoms with E-state index in [0.717, 1.165) is 48.3 Å². The first-order chi connectivity index (χ1) is 17.1. The second-order valence-electron chi connectivity index (χ2n) is 8.64. The van der Waals surface area contributed by atoms with Crippen molar-refractivity contribution in [3.8, 4) is 5.88 Å². The van der Waals surface area contributed by atoms with E-state index in [0.29, 0.717) is 12.4 Å². The van der Waals surface area contributed by atoms with Crippen LogP contribution in [0.2, 0.25) is 0 Å².